The molecule has 104 valence electrons. The number of hydrogen-bond acceptors (Lipinski definition) is 4. The van der Waals surface area contributed by atoms with E-state index in [1.807, 2.05) is 0 Å². The van der Waals surface area contributed by atoms with E-state index < -0.39 is 0 Å². The molecule has 1 aromatic rings. The van der Waals surface area contributed by atoms with Crippen LogP contribution in [0.15, 0.2) is 6.20 Å². The number of carbonyl (C=O) groups is 1. The number of carbonyl (C=O) groups excluding carboxylic acids is 1. The zero-order chi connectivity index (χ0) is 13.3. The third kappa shape index (κ3) is 2.52. The highest BCUT2D eigenvalue weighted by Crippen LogP contribution is 2.36. The first-order chi connectivity index (χ1) is 9.17. The van der Waals surface area contributed by atoms with Crippen LogP contribution < -0.4 is 5.73 Å². The van der Waals surface area contributed by atoms with Gasteiger partial charge in [-0.15, -0.1) is 0 Å². The maximum absolute atomic E-state index is 12.0. The van der Waals surface area contributed by atoms with Gasteiger partial charge in [-0.05, 0) is 44.9 Å². The number of aromatic amines is 1. The monoisotopic (exact) mass is 263 g/mol. The van der Waals surface area contributed by atoms with E-state index in [2.05, 4.69) is 9.97 Å². The normalized spacial score (nSPS) is 22.8. The van der Waals surface area contributed by atoms with Gasteiger partial charge in [0.25, 0.3) is 0 Å². The first-order valence-electron chi connectivity index (χ1n) is 7.23. The molecule has 1 heterocycles. The summed E-state index contributed by atoms with van der Waals surface area (Å²) in [7, 11) is 0. The van der Waals surface area contributed by atoms with Crippen molar-refractivity contribution in [1.29, 1.82) is 0 Å². The Hall–Kier alpha value is -1.36. The van der Waals surface area contributed by atoms with Crippen molar-refractivity contribution in [3.63, 3.8) is 0 Å². The lowest BCUT2D eigenvalue weighted by atomic mass is 9.77. The summed E-state index contributed by atoms with van der Waals surface area (Å²) in [5.74, 6) is 0.419. The molecule has 5 heteroatoms. The molecule has 0 amide bonds. The summed E-state index contributed by atoms with van der Waals surface area (Å²) in [6, 6.07) is 0. The van der Waals surface area contributed by atoms with Gasteiger partial charge in [-0.3, -0.25) is 0 Å². The second-order valence-corrected chi connectivity index (χ2v) is 5.82. The van der Waals surface area contributed by atoms with Crippen molar-refractivity contribution in [3.05, 3.63) is 17.7 Å². The summed E-state index contributed by atoms with van der Waals surface area (Å²) in [6.45, 7) is 0. The topological polar surface area (TPSA) is 81.0 Å². The van der Waals surface area contributed by atoms with Crippen molar-refractivity contribution < 1.29 is 9.53 Å². The van der Waals surface area contributed by atoms with E-state index in [-0.39, 0.29) is 17.6 Å². The number of ether oxygens (including phenoxy) is 1. The SMILES string of the molecule is NC1(c2ncc(C(=O)OC3CCCCC3)[nH]2)CCC1. The Morgan fingerprint density at radius 2 is 2.05 bits per heavy atom. The van der Waals surface area contributed by atoms with Crippen LogP contribution in [0.4, 0.5) is 0 Å². The van der Waals surface area contributed by atoms with Gasteiger partial charge < -0.3 is 15.5 Å². The Morgan fingerprint density at radius 1 is 1.32 bits per heavy atom. The number of imidazole rings is 1. The molecule has 3 rings (SSSR count). The van der Waals surface area contributed by atoms with Gasteiger partial charge in [-0.1, -0.05) is 6.42 Å². The number of nitrogens with one attached hydrogen (secondary N) is 1. The van der Waals surface area contributed by atoms with Crippen molar-refractivity contribution in [3.8, 4) is 0 Å². The van der Waals surface area contributed by atoms with Crippen molar-refractivity contribution in [2.45, 2.75) is 63.0 Å². The molecule has 0 spiro atoms. The van der Waals surface area contributed by atoms with E-state index in [1.165, 1.54) is 6.42 Å². The standard InChI is InChI=1S/C14H21N3O2/c15-14(7-4-8-14)13-16-9-11(17-13)12(18)19-10-5-2-1-3-6-10/h9-10H,1-8,15H2,(H,16,17). The first kappa shape index (κ1) is 12.7. The van der Waals surface area contributed by atoms with Gasteiger partial charge in [0, 0.05) is 0 Å². The van der Waals surface area contributed by atoms with Crippen LogP contribution in [0.2, 0.25) is 0 Å². The number of hydrogen-bond donors (Lipinski definition) is 2. The van der Waals surface area contributed by atoms with Gasteiger partial charge in [-0.2, -0.15) is 0 Å². The molecule has 0 saturated heterocycles. The minimum Gasteiger partial charge on any atom is -0.458 e. The van der Waals surface area contributed by atoms with Gasteiger partial charge in [0.05, 0.1) is 11.7 Å². The maximum Gasteiger partial charge on any atom is 0.356 e. The number of H-pyrrole nitrogens is 1. The van der Waals surface area contributed by atoms with Crippen molar-refractivity contribution in [2.75, 3.05) is 0 Å². The van der Waals surface area contributed by atoms with Gasteiger partial charge in [-0.25, -0.2) is 9.78 Å². The minimum absolute atomic E-state index is 0.0727. The molecule has 0 atom stereocenters. The van der Waals surface area contributed by atoms with E-state index in [0.717, 1.165) is 44.9 Å². The van der Waals surface area contributed by atoms with Crippen LogP contribution >= 0.6 is 0 Å². The van der Waals surface area contributed by atoms with E-state index in [9.17, 15) is 4.79 Å². The summed E-state index contributed by atoms with van der Waals surface area (Å²) in [4.78, 5) is 19.3. The van der Waals surface area contributed by atoms with Crippen molar-refractivity contribution in [2.24, 2.45) is 5.73 Å². The third-order valence-corrected chi connectivity index (χ3v) is 4.34. The number of esters is 1. The number of nitrogens with zero attached hydrogens (tertiary/aromatic N) is 1. The Bertz CT molecular complexity index is 459. The fourth-order valence-corrected chi connectivity index (χ4v) is 2.87. The summed E-state index contributed by atoms with van der Waals surface area (Å²) in [5, 5.41) is 0. The van der Waals surface area contributed by atoms with E-state index in [0.29, 0.717) is 11.5 Å². The van der Waals surface area contributed by atoms with Crippen LogP contribution in [-0.4, -0.2) is 22.0 Å². The number of aromatic nitrogens is 2. The quantitative estimate of drug-likeness (QED) is 0.819. The molecule has 0 bridgehead atoms. The molecule has 0 unspecified atom stereocenters. The number of rotatable bonds is 3. The molecular formula is C14H21N3O2. The van der Waals surface area contributed by atoms with Crippen LogP contribution in [0.25, 0.3) is 0 Å². The molecule has 2 aliphatic rings. The van der Waals surface area contributed by atoms with Gasteiger partial charge in [0.15, 0.2) is 0 Å². The summed E-state index contributed by atoms with van der Waals surface area (Å²) < 4.78 is 5.50. The molecule has 0 radical (unpaired) electrons. The first-order valence-corrected chi connectivity index (χ1v) is 7.23. The fourth-order valence-electron chi connectivity index (χ4n) is 2.87. The highest BCUT2D eigenvalue weighted by atomic mass is 16.5. The average molecular weight is 263 g/mol. The summed E-state index contributed by atoms with van der Waals surface area (Å²) in [5.41, 5.74) is 6.25. The molecule has 2 fully saturated rings. The summed E-state index contributed by atoms with van der Waals surface area (Å²) in [6.07, 6.45) is 10.1. The molecule has 5 nitrogen and oxygen atoms in total. The Labute approximate surface area is 112 Å². The minimum atomic E-state index is -0.358. The molecule has 2 aliphatic carbocycles. The molecule has 2 saturated carbocycles. The lowest BCUT2D eigenvalue weighted by Gasteiger charge is -2.35. The lowest BCUT2D eigenvalue weighted by Crippen LogP contribution is -2.44. The lowest BCUT2D eigenvalue weighted by molar-refractivity contribution is 0.0204. The van der Waals surface area contributed by atoms with Crippen LogP contribution in [-0.2, 0) is 10.3 Å². The molecule has 1 aromatic heterocycles. The molecule has 19 heavy (non-hydrogen) atoms. The molecule has 3 N–H and O–H groups in total. The fraction of sp³-hybridized carbons (Fsp3) is 0.714. The van der Waals surface area contributed by atoms with E-state index in [4.69, 9.17) is 10.5 Å². The van der Waals surface area contributed by atoms with Crippen LogP contribution in [0, 0.1) is 0 Å². The largest absolute Gasteiger partial charge is 0.458 e. The number of nitrogens with two attached hydrogens (primary N) is 1. The Morgan fingerprint density at radius 3 is 2.68 bits per heavy atom. The zero-order valence-corrected chi connectivity index (χ0v) is 11.2. The Kier molecular flexibility index (Phi) is 3.31. The maximum atomic E-state index is 12.0. The second-order valence-electron chi connectivity index (χ2n) is 5.82. The third-order valence-electron chi connectivity index (χ3n) is 4.34. The van der Waals surface area contributed by atoms with E-state index >= 15 is 0 Å². The van der Waals surface area contributed by atoms with Gasteiger partial charge in [0.2, 0.25) is 0 Å². The Balaban J connectivity index is 1.63. The highest BCUT2D eigenvalue weighted by molar-refractivity contribution is 5.87. The predicted molar refractivity (Wildman–Crippen MR) is 70.6 cm³/mol. The van der Waals surface area contributed by atoms with Crippen molar-refractivity contribution in [1.82, 2.24) is 9.97 Å². The predicted octanol–water partition coefficient (Wildman–Crippen LogP) is 2.24. The second kappa shape index (κ2) is 4.96. The van der Waals surface area contributed by atoms with Gasteiger partial charge in [0.1, 0.15) is 17.6 Å². The van der Waals surface area contributed by atoms with Crippen molar-refractivity contribution >= 4 is 5.97 Å². The van der Waals surface area contributed by atoms with Gasteiger partial charge >= 0.3 is 5.97 Å². The van der Waals surface area contributed by atoms with Crippen LogP contribution in [0.3, 0.4) is 0 Å². The smallest absolute Gasteiger partial charge is 0.356 e. The average Bonchev–Trinajstić information content (AvgIpc) is 2.87. The van der Waals surface area contributed by atoms with E-state index in [1.54, 1.807) is 6.20 Å². The van der Waals surface area contributed by atoms with Crippen LogP contribution in [0.5, 0.6) is 0 Å². The molecular weight excluding hydrogens is 242 g/mol. The summed E-state index contributed by atoms with van der Waals surface area (Å²) >= 11 is 0. The molecule has 0 aromatic carbocycles. The zero-order valence-electron chi connectivity index (χ0n) is 11.2. The van der Waals surface area contributed by atoms with Crippen LogP contribution in [0.1, 0.15) is 67.7 Å². The molecule has 0 aliphatic heterocycles. The highest BCUT2D eigenvalue weighted by Gasteiger charge is 2.37.